The Bertz CT molecular complexity index is 203. The Hall–Kier alpha value is -0.0161. The molecule has 0 aliphatic carbocycles. The molecule has 0 saturated heterocycles. The fourth-order valence-electron chi connectivity index (χ4n) is 0.454. The van der Waals surface area contributed by atoms with E-state index in [1.165, 1.54) is 6.20 Å². The average Bonchev–Trinajstić information content (AvgIpc) is 2.37. The van der Waals surface area contributed by atoms with Crippen molar-refractivity contribution in [3.63, 3.8) is 0 Å². The molecule has 0 amide bonds. The second kappa shape index (κ2) is 4.75. The van der Waals surface area contributed by atoms with Crippen molar-refractivity contribution >= 4 is 5.70 Å². The third-order valence-corrected chi connectivity index (χ3v) is 1.06. The van der Waals surface area contributed by atoms with Crippen molar-refractivity contribution in [2.45, 2.75) is 13.8 Å². The third kappa shape index (κ3) is 2.31. The molecule has 0 atom stereocenters. The number of nitrogens with zero attached hydrogens (tertiary/aromatic N) is 3. The van der Waals surface area contributed by atoms with Crippen LogP contribution in [0.15, 0.2) is 6.20 Å². The standard InChI is InChI=1S/C6H7N3.Y/c1-3-6(2)9-5-4-7-8-9;/h4H,1-2H3;/q-2;. The monoisotopic (exact) mass is 210 g/mol. The van der Waals surface area contributed by atoms with E-state index in [9.17, 15) is 0 Å². The second-order valence-electron chi connectivity index (χ2n) is 1.61. The van der Waals surface area contributed by atoms with Gasteiger partial charge in [-0.25, -0.2) is 6.92 Å². The fraction of sp³-hybridized carbons (Fsp3) is 0.333. The number of hydrogen-bond acceptors (Lipinski definition) is 2. The van der Waals surface area contributed by atoms with Crippen molar-refractivity contribution in [2.75, 3.05) is 0 Å². The number of aromatic nitrogens is 3. The van der Waals surface area contributed by atoms with Gasteiger partial charge in [0.25, 0.3) is 0 Å². The van der Waals surface area contributed by atoms with E-state index in [0.29, 0.717) is 0 Å². The molecular weight excluding hydrogens is 203 g/mol. The zero-order valence-electron chi connectivity index (χ0n) is 6.00. The first kappa shape index (κ1) is 9.98. The smallest absolute Gasteiger partial charge is 0 e. The molecule has 10 heavy (non-hydrogen) atoms. The van der Waals surface area contributed by atoms with Crippen molar-refractivity contribution < 1.29 is 32.7 Å². The Balaban J connectivity index is 0.000000810. The predicted octanol–water partition coefficient (Wildman–Crippen LogP) is 0.760. The molecule has 0 aliphatic rings. The number of allylic oxidation sites excluding steroid dienone is 2. The minimum atomic E-state index is 0. The van der Waals surface area contributed by atoms with Gasteiger partial charge in [0.2, 0.25) is 0 Å². The summed E-state index contributed by atoms with van der Waals surface area (Å²) < 4.78 is 1.54. The Morgan fingerprint density at radius 2 is 2.40 bits per heavy atom. The SMILES string of the molecule is C[C-]=C(C)n1[c-]cnn1.[Y]. The van der Waals surface area contributed by atoms with Gasteiger partial charge < -0.3 is 10.8 Å². The van der Waals surface area contributed by atoms with Gasteiger partial charge in [0.05, 0.1) is 0 Å². The van der Waals surface area contributed by atoms with Crippen molar-refractivity contribution in [1.82, 2.24) is 15.0 Å². The molecule has 1 radical (unpaired) electrons. The Labute approximate surface area is 85.4 Å². The molecule has 1 aromatic heterocycles. The van der Waals surface area contributed by atoms with Gasteiger partial charge in [0.15, 0.2) is 0 Å². The van der Waals surface area contributed by atoms with Crippen LogP contribution in [0.2, 0.25) is 0 Å². The first-order valence-electron chi connectivity index (χ1n) is 2.64. The topological polar surface area (TPSA) is 30.7 Å². The minimum absolute atomic E-state index is 0. The summed E-state index contributed by atoms with van der Waals surface area (Å²) in [6.07, 6.45) is 7.21. The van der Waals surface area contributed by atoms with Crippen LogP contribution >= 0.6 is 0 Å². The summed E-state index contributed by atoms with van der Waals surface area (Å²) in [5.41, 5.74) is 0.910. The summed E-state index contributed by atoms with van der Waals surface area (Å²) in [5, 5.41) is 7.29. The molecule has 0 aliphatic heterocycles. The van der Waals surface area contributed by atoms with Crippen LogP contribution in [0.4, 0.5) is 0 Å². The van der Waals surface area contributed by atoms with Crippen molar-refractivity contribution in [1.29, 1.82) is 0 Å². The fourth-order valence-corrected chi connectivity index (χ4v) is 0.454. The largest absolute Gasteiger partial charge is 0.583 e. The molecule has 1 rings (SSSR count). The molecule has 1 heterocycles. The van der Waals surface area contributed by atoms with Gasteiger partial charge in [-0.2, -0.15) is 5.10 Å². The molecule has 0 aromatic carbocycles. The van der Waals surface area contributed by atoms with E-state index in [4.69, 9.17) is 0 Å². The van der Waals surface area contributed by atoms with Crippen LogP contribution in [-0.4, -0.2) is 15.0 Å². The van der Waals surface area contributed by atoms with Crippen LogP contribution in [0.5, 0.6) is 0 Å². The van der Waals surface area contributed by atoms with Crippen LogP contribution in [0.25, 0.3) is 5.70 Å². The van der Waals surface area contributed by atoms with Gasteiger partial charge in [0.1, 0.15) is 0 Å². The molecule has 0 fully saturated rings. The van der Waals surface area contributed by atoms with Crippen LogP contribution in [-0.2, 0) is 32.7 Å². The molecule has 0 saturated carbocycles. The van der Waals surface area contributed by atoms with E-state index in [0.717, 1.165) is 5.70 Å². The van der Waals surface area contributed by atoms with Crippen molar-refractivity contribution in [2.24, 2.45) is 0 Å². The second-order valence-corrected chi connectivity index (χ2v) is 1.61. The molecule has 51 valence electrons. The van der Waals surface area contributed by atoms with E-state index in [1.54, 1.807) is 4.68 Å². The average molecular weight is 210 g/mol. The van der Waals surface area contributed by atoms with E-state index in [-0.39, 0.29) is 32.7 Å². The van der Waals surface area contributed by atoms with Crippen LogP contribution in [0.3, 0.4) is 0 Å². The molecule has 3 nitrogen and oxygen atoms in total. The van der Waals surface area contributed by atoms with E-state index < -0.39 is 0 Å². The summed E-state index contributed by atoms with van der Waals surface area (Å²) in [5.74, 6) is 0. The summed E-state index contributed by atoms with van der Waals surface area (Å²) in [4.78, 5) is 0. The van der Waals surface area contributed by atoms with Gasteiger partial charge in [-0.1, -0.05) is 0 Å². The Morgan fingerprint density at radius 3 is 2.80 bits per heavy atom. The molecule has 1 aromatic rings. The summed E-state index contributed by atoms with van der Waals surface area (Å²) in [6.45, 7) is 3.72. The van der Waals surface area contributed by atoms with E-state index >= 15 is 0 Å². The first-order chi connectivity index (χ1) is 4.34. The van der Waals surface area contributed by atoms with Crippen molar-refractivity contribution in [3.05, 3.63) is 18.5 Å². The summed E-state index contributed by atoms with van der Waals surface area (Å²) in [7, 11) is 0. The van der Waals surface area contributed by atoms with Crippen LogP contribution < -0.4 is 0 Å². The van der Waals surface area contributed by atoms with Gasteiger partial charge in [-0.3, -0.25) is 5.70 Å². The van der Waals surface area contributed by atoms with E-state index in [2.05, 4.69) is 22.6 Å². The van der Waals surface area contributed by atoms with Gasteiger partial charge in [0, 0.05) is 32.7 Å². The quantitative estimate of drug-likeness (QED) is 0.640. The maximum Gasteiger partial charge on any atom is 0 e. The molecule has 0 unspecified atom stereocenters. The predicted molar refractivity (Wildman–Crippen MR) is 33.2 cm³/mol. The molecular formula is C6H7N3Y-2. The van der Waals surface area contributed by atoms with Gasteiger partial charge in [-0.05, 0) is 6.20 Å². The Morgan fingerprint density at radius 1 is 1.70 bits per heavy atom. The first-order valence-corrected chi connectivity index (χ1v) is 2.64. The van der Waals surface area contributed by atoms with E-state index in [1.807, 2.05) is 13.8 Å². The zero-order chi connectivity index (χ0) is 6.69. The van der Waals surface area contributed by atoms with Gasteiger partial charge >= 0.3 is 0 Å². The number of hydrogen-bond donors (Lipinski definition) is 0. The van der Waals surface area contributed by atoms with Crippen LogP contribution in [0, 0.1) is 12.3 Å². The summed E-state index contributed by atoms with van der Waals surface area (Å²) >= 11 is 0. The number of rotatable bonds is 1. The third-order valence-electron chi connectivity index (χ3n) is 1.06. The maximum atomic E-state index is 3.70. The molecule has 0 N–H and O–H groups in total. The Kier molecular flexibility index (Phi) is 4.74. The van der Waals surface area contributed by atoms with Gasteiger partial charge in [-0.15, -0.1) is 18.3 Å². The van der Waals surface area contributed by atoms with Crippen molar-refractivity contribution in [3.8, 4) is 0 Å². The molecule has 4 heteroatoms. The molecule has 0 bridgehead atoms. The summed E-state index contributed by atoms with van der Waals surface area (Å²) in [6, 6.07) is 0. The zero-order valence-corrected chi connectivity index (χ0v) is 8.83. The van der Waals surface area contributed by atoms with Crippen LogP contribution in [0.1, 0.15) is 13.8 Å². The maximum absolute atomic E-state index is 3.70. The normalized spacial score (nSPS) is 10.8. The minimum Gasteiger partial charge on any atom is -0.583 e. The molecule has 0 spiro atoms.